The van der Waals surface area contributed by atoms with E-state index in [0.717, 1.165) is 18.4 Å². The maximum atomic E-state index is 11.4. The zero-order valence-corrected chi connectivity index (χ0v) is 10.3. The van der Waals surface area contributed by atoms with Crippen molar-refractivity contribution in [1.82, 2.24) is 0 Å². The van der Waals surface area contributed by atoms with E-state index in [1.165, 1.54) is 6.26 Å². The normalized spacial score (nSPS) is 17.2. The molecule has 6 heteroatoms. The van der Waals surface area contributed by atoms with Crippen LogP contribution in [0.25, 0.3) is 10.4 Å². The first-order valence-electron chi connectivity index (χ1n) is 5.36. The fraction of sp³-hybridized carbons (Fsp3) is 0.455. The average Bonchev–Trinajstić information content (AvgIpc) is 3.09. The van der Waals surface area contributed by atoms with E-state index in [1.54, 1.807) is 18.2 Å². The monoisotopic (exact) mass is 251 g/mol. The standard InChI is InChI=1S/C11H13N3O2S/c1-17(15,16)10-4-2-3-9(7-10)11(13-14-12)8-5-6-8/h2-4,7-8,11H,5-6H2,1H3. The van der Waals surface area contributed by atoms with Gasteiger partial charge in [-0.2, -0.15) is 0 Å². The quantitative estimate of drug-likeness (QED) is 0.468. The Balaban J connectivity index is 2.41. The third-order valence-corrected chi connectivity index (χ3v) is 3.98. The maximum Gasteiger partial charge on any atom is 0.175 e. The molecule has 90 valence electrons. The van der Waals surface area contributed by atoms with Crippen molar-refractivity contribution in [3.8, 4) is 0 Å². The van der Waals surface area contributed by atoms with E-state index in [2.05, 4.69) is 10.0 Å². The van der Waals surface area contributed by atoms with Crippen LogP contribution in [0.15, 0.2) is 34.3 Å². The summed E-state index contributed by atoms with van der Waals surface area (Å²) in [6.07, 6.45) is 3.24. The average molecular weight is 251 g/mol. The van der Waals surface area contributed by atoms with Gasteiger partial charge in [0.2, 0.25) is 0 Å². The second-order valence-corrected chi connectivity index (χ2v) is 6.35. The number of azide groups is 1. The molecule has 1 aromatic rings. The second kappa shape index (κ2) is 4.39. The van der Waals surface area contributed by atoms with E-state index < -0.39 is 9.84 Å². The van der Waals surface area contributed by atoms with Crippen LogP contribution in [0, 0.1) is 5.92 Å². The third-order valence-electron chi connectivity index (χ3n) is 2.87. The topological polar surface area (TPSA) is 82.9 Å². The lowest BCUT2D eigenvalue weighted by molar-refractivity contribution is 0.600. The van der Waals surface area contributed by atoms with E-state index in [1.807, 2.05) is 6.07 Å². The van der Waals surface area contributed by atoms with Gasteiger partial charge >= 0.3 is 0 Å². The molecule has 0 radical (unpaired) electrons. The summed E-state index contributed by atoms with van der Waals surface area (Å²) in [6, 6.07) is 6.42. The Morgan fingerprint density at radius 3 is 2.71 bits per heavy atom. The van der Waals surface area contributed by atoms with E-state index in [0.29, 0.717) is 5.92 Å². The van der Waals surface area contributed by atoms with Gasteiger partial charge in [0.1, 0.15) is 0 Å². The number of benzene rings is 1. The van der Waals surface area contributed by atoms with Crippen molar-refractivity contribution < 1.29 is 8.42 Å². The molecule has 0 spiro atoms. The van der Waals surface area contributed by atoms with E-state index in [9.17, 15) is 8.42 Å². The molecule has 17 heavy (non-hydrogen) atoms. The van der Waals surface area contributed by atoms with Crippen LogP contribution in [0.5, 0.6) is 0 Å². The number of hydrogen-bond acceptors (Lipinski definition) is 3. The predicted octanol–water partition coefficient (Wildman–Crippen LogP) is 2.85. The van der Waals surface area contributed by atoms with Gasteiger partial charge in [0.15, 0.2) is 9.84 Å². The Morgan fingerprint density at radius 2 is 2.18 bits per heavy atom. The Hall–Kier alpha value is -1.52. The van der Waals surface area contributed by atoms with Crippen molar-refractivity contribution in [2.45, 2.75) is 23.8 Å². The molecule has 1 aromatic carbocycles. The first-order chi connectivity index (χ1) is 8.02. The van der Waals surface area contributed by atoms with E-state index in [-0.39, 0.29) is 10.9 Å². The summed E-state index contributed by atoms with van der Waals surface area (Å²) in [4.78, 5) is 3.11. The van der Waals surface area contributed by atoms with Crippen LogP contribution in [-0.4, -0.2) is 14.7 Å². The molecule has 0 aromatic heterocycles. The van der Waals surface area contributed by atoms with Gasteiger partial charge in [0.25, 0.3) is 0 Å². The molecule has 1 atom stereocenters. The van der Waals surface area contributed by atoms with Crippen LogP contribution < -0.4 is 0 Å². The van der Waals surface area contributed by atoms with Crippen molar-refractivity contribution in [1.29, 1.82) is 0 Å². The lowest BCUT2D eigenvalue weighted by Crippen LogP contribution is -2.01. The smallest absolute Gasteiger partial charge is 0.175 e. The van der Waals surface area contributed by atoms with Gasteiger partial charge in [0, 0.05) is 11.2 Å². The van der Waals surface area contributed by atoms with Crippen LogP contribution in [0.2, 0.25) is 0 Å². The Kier molecular flexibility index (Phi) is 3.09. The zero-order valence-electron chi connectivity index (χ0n) is 9.44. The summed E-state index contributed by atoms with van der Waals surface area (Å²) in [5, 5.41) is 3.77. The summed E-state index contributed by atoms with van der Waals surface area (Å²) in [6.45, 7) is 0. The molecule has 0 amide bonds. The molecule has 2 rings (SSSR count). The fourth-order valence-electron chi connectivity index (χ4n) is 1.83. The lowest BCUT2D eigenvalue weighted by Gasteiger charge is -2.11. The molecule has 0 saturated heterocycles. The highest BCUT2D eigenvalue weighted by Crippen LogP contribution is 2.43. The van der Waals surface area contributed by atoms with Crippen molar-refractivity contribution in [3.63, 3.8) is 0 Å². The first-order valence-corrected chi connectivity index (χ1v) is 7.26. The number of hydrogen-bond donors (Lipinski definition) is 0. The highest BCUT2D eigenvalue weighted by atomic mass is 32.2. The Bertz CT molecular complexity index is 572. The lowest BCUT2D eigenvalue weighted by atomic mass is 10.0. The third kappa shape index (κ3) is 2.78. The molecule has 0 aliphatic heterocycles. The van der Waals surface area contributed by atoms with Gasteiger partial charge in [-0.15, -0.1) is 0 Å². The molecule has 0 bridgehead atoms. The van der Waals surface area contributed by atoms with Crippen molar-refractivity contribution in [2.24, 2.45) is 11.0 Å². The first kappa shape index (κ1) is 12.0. The zero-order chi connectivity index (χ0) is 12.5. The molecule has 1 saturated carbocycles. The maximum absolute atomic E-state index is 11.4. The highest BCUT2D eigenvalue weighted by molar-refractivity contribution is 7.90. The van der Waals surface area contributed by atoms with Crippen LogP contribution in [0.4, 0.5) is 0 Å². The molecule has 1 aliphatic rings. The Labute approximate surface area is 100 Å². The molecule has 0 N–H and O–H groups in total. The molecule has 1 aliphatic carbocycles. The summed E-state index contributed by atoms with van der Waals surface area (Å²) in [5.74, 6) is 0.362. The van der Waals surface area contributed by atoms with Crippen molar-refractivity contribution >= 4 is 9.84 Å². The minimum absolute atomic E-state index is 0.235. The highest BCUT2D eigenvalue weighted by Gasteiger charge is 2.31. The van der Waals surface area contributed by atoms with Gasteiger partial charge in [-0.1, -0.05) is 17.2 Å². The Morgan fingerprint density at radius 1 is 1.47 bits per heavy atom. The minimum atomic E-state index is -3.21. The van der Waals surface area contributed by atoms with E-state index in [4.69, 9.17) is 5.53 Å². The summed E-state index contributed by atoms with van der Waals surface area (Å²) in [5.41, 5.74) is 9.33. The SMILES string of the molecule is CS(=O)(=O)c1cccc(C(N=[N+]=[N-])C2CC2)c1. The van der Waals surface area contributed by atoms with Crippen LogP contribution in [-0.2, 0) is 9.84 Å². The molecule has 0 heterocycles. The van der Waals surface area contributed by atoms with Crippen LogP contribution in [0.1, 0.15) is 24.4 Å². The van der Waals surface area contributed by atoms with Gasteiger partial charge < -0.3 is 0 Å². The molecule has 1 unspecified atom stereocenters. The second-order valence-electron chi connectivity index (χ2n) is 4.33. The molecular weight excluding hydrogens is 238 g/mol. The minimum Gasteiger partial charge on any atom is -0.224 e. The van der Waals surface area contributed by atoms with Crippen molar-refractivity contribution in [2.75, 3.05) is 6.26 Å². The summed E-state index contributed by atoms with van der Waals surface area (Å²) in [7, 11) is -3.21. The molecule has 5 nitrogen and oxygen atoms in total. The molecular formula is C11H13N3O2S. The largest absolute Gasteiger partial charge is 0.224 e. The number of rotatable bonds is 4. The van der Waals surface area contributed by atoms with Crippen molar-refractivity contribution in [3.05, 3.63) is 40.3 Å². The predicted molar refractivity (Wildman–Crippen MR) is 64.2 cm³/mol. The van der Waals surface area contributed by atoms with Gasteiger partial charge in [-0.3, -0.25) is 0 Å². The van der Waals surface area contributed by atoms with Gasteiger partial charge in [0.05, 0.1) is 10.9 Å². The molecule has 1 fully saturated rings. The van der Waals surface area contributed by atoms with Gasteiger partial charge in [-0.25, -0.2) is 8.42 Å². The van der Waals surface area contributed by atoms with Gasteiger partial charge in [-0.05, 0) is 42.0 Å². The van der Waals surface area contributed by atoms with E-state index >= 15 is 0 Å². The summed E-state index contributed by atoms with van der Waals surface area (Å²) < 4.78 is 22.9. The number of nitrogens with zero attached hydrogens (tertiary/aromatic N) is 3. The number of sulfone groups is 1. The van der Waals surface area contributed by atoms with Crippen LogP contribution >= 0.6 is 0 Å². The summed E-state index contributed by atoms with van der Waals surface area (Å²) >= 11 is 0. The fourth-order valence-corrected chi connectivity index (χ4v) is 2.51. The van der Waals surface area contributed by atoms with Crippen LogP contribution in [0.3, 0.4) is 0 Å².